The highest BCUT2D eigenvalue weighted by atomic mass is 35.5. The fourth-order valence-electron chi connectivity index (χ4n) is 3.18. The van der Waals surface area contributed by atoms with Crippen LogP contribution in [-0.2, 0) is 10.0 Å². The number of rotatable bonds is 6. The first-order chi connectivity index (χ1) is 15.2. The molecule has 0 amide bonds. The summed E-state index contributed by atoms with van der Waals surface area (Å²) in [4.78, 5) is -0.0530. The molecule has 0 bridgehead atoms. The molecule has 3 aromatic carbocycles. The van der Waals surface area contributed by atoms with Crippen molar-refractivity contribution in [3.8, 4) is 17.2 Å². The van der Waals surface area contributed by atoms with Crippen LogP contribution in [0.15, 0.2) is 78.0 Å². The molecule has 4 aromatic rings. The van der Waals surface area contributed by atoms with E-state index in [2.05, 4.69) is 15.9 Å². The summed E-state index contributed by atoms with van der Waals surface area (Å²) in [7, 11) is -3.86. The number of sulfonamides is 1. The minimum atomic E-state index is -3.86. The quantitative estimate of drug-likeness (QED) is 0.341. The van der Waals surface area contributed by atoms with Gasteiger partial charge >= 0.3 is 0 Å². The van der Waals surface area contributed by atoms with Crippen LogP contribution >= 0.6 is 23.2 Å². The van der Waals surface area contributed by atoms with Crippen LogP contribution in [0.2, 0.25) is 10.0 Å². The van der Waals surface area contributed by atoms with Gasteiger partial charge in [-0.3, -0.25) is 4.72 Å². The van der Waals surface area contributed by atoms with Crippen molar-refractivity contribution in [1.29, 1.82) is 0 Å². The van der Waals surface area contributed by atoms with Crippen molar-refractivity contribution in [2.75, 3.05) is 4.72 Å². The molecule has 1 aromatic heterocycles. The van der Waals surface area contributed by atoms with Crippen LogP contribution in [0.25, 0.3) is 5.69 Å². The van der Waals surface area contributed by atoms with Crippen molar-refractivity contribution >= 4 is 38.9 Å². The fourth-order valence-corrected chi connectivity index (χ4v) is 5.02. The maximum Gasteiger partial charge on any atom is 0.263 e. The molecule has 9 heteroatoms. The number of aryl methyl sites for hydroxylation is 2. The Hall–Kier alpha value is -3.00. The van der Waals surface area contributed by atoms with E-state index in [1.54, 1.807) is 41.3 Å². The van der Waals surface area contributed by atoms with E-state index >= 15 is 0 Å². The second-order valence-electron chi connectivity index (χ2n) is 7.22. The van der Waals surface area contributed by atoms with Gasteiger partial charge in [-0.1, -0.05) is 40.9 Å². The molecular formula is C23H19Cl2N3O3S. The van der Waals surface area contributed by atoms with Gasteiger partial charge in [0.2, 0.25) is 0 Å². The average Bonchev–Trinajstić information content (AvgIpc) is 3.17. The third-order valence-electron chi connectivity index (χ3n) is 4.68. The Morgan fingerprint density at radius 3 is 2.38 bits per heavy atom. The summed E-state index contributed by atoms with van der Waals surface area (Å²) in [5.74, 6) is 1.10. The molecule has 0 aliphatic carbocycles. The van der Waals surface area contributed by atoms with Gasteiger partial charge in [0.1, 0.15) is 10.6 Å². The normalized spacial score (nSPS) is 11.4. The first-order valence-corrected chi connectivity index (χ1v) is 11.8. The monoisotopic (exact) mass is 487 g/mol. The number of nitrogens with zero attached hydrogens (tertiary/aromatic N) is 2. The molecule has 0 saturated carbocycles. The summed E-state index contributed by atoms with van der Waals surface area (Å²) in [5.41, 5.74) is 3.63. The zero-order chi connectivity index (χ0) is 22.9. The van der Waals surface area contributed by atoms with Gasteiger partial charge in [-0.2, -0.15) is 5.10 Å². The molecule has 4 rings (SSSR count). The molecule has 0 radical (unpaired) electrons. The Kier molecular flexibility index (Phi) is 6.15. The number of ether oxygens (including phenoxy) is 1. The van der Waals surface area contributed by atoms with Crippen LogP contribution in [0.4, 0.5) is 5.69 Å². The van der Waals surface area contributed by atoms with Crippen molar-refractivity contribution in [3.63, 3.8) is 0 Å². The van der Waals surface area contributed by atoms with E-state index < -0.39 is 10.0 Å². The number of halogens is 2. The first kappa shape index (κ1) is 22.2. The summed E-state index contributed by atoms with van der Waals surface area (Å²) in [6.07, 6.45) is 3.41. The molecular weight excluding hydrogens is 469 g/mol. The van der Waals surface area contributed by atoms with Crippen molar-refractivity contribution in [2.45, 2.75) is 18.7 Å². The molecule has 0 fully saturated rings. The van der Waals surface area contributed by atoms with E-state index in [1.807, 2.05) is 26.0 Å². The van der Waals surface area contributed by atoms with Gasteiger partial charge in [0.05, 0.1) is 23.1 Å². The summed E-state index contributed by atoms with van der Waals surface area (Å²) in [6.45, 7) is 4.07. The molecule has 6 nitrogen and oxygen atoms in total. The lowest BCUT2D eigenvalue weighted by Gasteiger charge is -2.10. The topological polar surface area (TPSA) is 73.2 Å². The van der Waals surface area contributed by atoms with Crippen LogP contribution in [0.1, 0.15) is 11.1 Å². The van der Waals surface area contributed by atoms with Crippen LogP contribution in [0.3, 0.4) is 0 Å². The average molecular weight is 488 g/mol. The molecule has 1 N–H and O–H groups in total. The summed E-state index contributed by atoms with van der Waals surface area (Å²) >= 11 is 11.9. The standard InChI is InChI=1S/C23H19Cl2N3O3S/c1-15-3-9-22(16(2)11-15)28-14-20(13-26-28)31-19-7-5-18(6-8-19)27-32(29,30)23-10-4-17(24)12-21(23)25/h3-14,27H,1-2H3. The highest BCUT2D eigenvalue weighted by Gasteiger charge is 2.18. The van der Waals surface area contributed by atoms with Gasteiger partial charge < -0.3 is 4.74 Å². The summed E-state index contributed by atoms with van der Waals surface area (Å²) in [5, 5.41) is 4.77. The highest BCUT2D eigenvalue weighted by molar-refractivity contribution is 7.92. The molecule has 32 heavy (non-hydrogen) atoms. The fraction of sp³-hybridized carbons (Fsp3) is 0.0870. The van der Waals surface area contributed by atoms with Gasteiger partial charge in [-0.05, 0) is 67.9 Å². The Balaban J connectivity index is 1.47. The number of benzene rings is 3. The van der Waals surface area contributed by atoms with E-state index in [-0.39, 0.29) is 9.92 Å². The summed E-state index contributed by atoms with van der Waals surface area (Å²) in [6, 6.07) is 16.9. The number of aromatic nitrogens is 2. The van der Waals surface area contributed by atoms with Crippen LogP contribution in [0.5, 0.6) is 11.5 Å². The van der Waals surface area contributed by atoms with Crippen molar-refractivity contribution in [3.05, 3.63) is 94.2 Å². The Bertz CT molecular complexity index is 1380. The van der Waals surface area contributed by atoms with E-state index in [4.69, 9.17) is 27.9 Å². The molecule has 0 spiro atoms. The lowest BCUT2D eigenvalue weighted by Crippen LogP contribution is -2.13. The van der Waals surface area contributed by atoms with Crippen molar-refractivity contribution < 1.29 is 13.2 Å². The zero-order valence-electron chi connectivity index (χ0n) is 17.2. The van der Waals surface area contributed by atoms with Gasteiger partial charge in [0.25, 0.3) is 10.0 Å². The van der Waals surface area contributed by atoms with E-state index in [0.29, 0.717) is 22.2 Å². The maximum atomic E-state index is 12.6. The lowest BCUT2D eigenvalue weighted by atomic mass is 10.1. The smallest absolute Gasteiger partial charge is 0.263 e. The minimum absolute atomic E-state index is 0.0470. The Morgan fingerprint density at radius 1 is 0.938 bits per heavy atom. The number of hydrogen-bond acceptors (Lipinski definition) is 4. The third kappa shape index (κ3) is 4.91. The maximum absolute atomic E-state index is 12.6. The third-order valence-corrected chi connectivity index (χ3v) is 6.78. The summed E-state index contributed by atoms with van der Waals surface area (Å²) < 4.78 is 35.3. The zero-order valence-corrected chi connectivity index (χ0v) is 19.5. The predicted molar refractivity (Wildman–Crippen MR) is 127 cm³/mol. The van der Waals surface area contributed by atoms with Crippen molar-refractivity contribution in [2.24, 2.45) is 0 Å². The second kappa shape index (κ2) is 8.86. The lowest BCUT2D eigenvalue weighted by molar-refractivity contribution is 0.482. The van der Waals surface area contributed by atoms with Crippen LogP contribution in [0, 0.1) is 13.8 Å². The Labute approximate surface area is 196 Å². The number of nitrogens with one attached hydrogen (secondary N) is 1. The molecule has 0 aliphatic rings. The minimum Gasteiger partial charge on any atom is -0.454 e. The Morgan fingerprint density at radius 2 is 1.69 bits per heavy atom. The van der Waals surface area contributed by atoms with E-state index in [0.717, 1.165) is 11.3 Å². The molecule has 164 valence electrons. The van der Waals surface area contributed by atoms with Crippen LogP contribution in [-0.4, -0.2) is 18.2 Å². The predicted octanol–water partition coefficient (Wildman–Crippen LogP) is 6.39. The molecule has 0 saturated heterocycles. The van der Waals surface area contributed by atoms with Gasteiger partial charge in [0.15, 0.2) is 5.75 Å². The van der Waals surface area contributed by atoms with E-state index in [9.17, 15) is 8.42 Å². The number of hydrogen-bond donors (Lipinski definition) is 1. The number of anilines is 1. The molecule has 0 aliphatic heterocycles. The van der Waals surface area contributed by atoms with Crippen molar-refractivity contribution in [1.82, 2.24) is 9.78 Å². The second-order valence-corrected chi connectivity index (χ2v) is 9.71. The molecule has 1 heterocycles. The molecule has 0 atom stereocenters. The van der Waals surface area contributed by atoms with Crippen LogP contribution < -0.4 is 9.46 Å². The van der Waals surface area contributed by atoms with E-state index in [1.165, 1.54) is 23.8 Å². The SMILES string of the molecule is Cc1ccc(-n2cc(Oc3ccc(NS(=O)(=O)c4ccc(Cl)cc4Cl)cc3)cn2)c(C)c1. The van der Waals surface area contributed by atoms with Gasteiger partial charge in [-0.15, -0.1) is 0 Å². The first-order valence-electron chi connectivity index (χ1n) is 9.59. The highest BCUT2D eigenvalue weighted by Crippen LogP contribution is 2.28. The molecule has 0 unspecified atom stereocenters. The van der Waals surface area contributed by atoms with Gasteiger partial charge in [-0.25, -0.2) is 13.1 Å². The largest absolute Gasteiger partial charge is 0.454 e. The van der Waals surface area contributed by atoms with Gasteiger partial charge in [0, 0.05) is 10.7 Å².